The van der Waals surface area contributed by atoms with Gasteiger partial charge in [0.25, 0.3) is 0 Å². The molecule has 0 fully saturated rings. The predicted molar refractivity (Wildman–Crippen MR) is 48.0 cm³/mol. The number of aryl methyl sites for hydroxylation is 1. The van der Waals surface area contributed by atoms with Gasteiger partial charge in [0.1, 0.15) is 5.82 Å². The molecule has 62 valence electrons. The minimum atomic E-state index is -0.300. The highest BCUT2D eigenvalue weighted by molar-refractivity contribution is 6.31. The highest BCUT2D eigenvalue weighted by atomic mass is 35.5. The zero-order chi connectivity index (χ0) is 8.72. The number of benzene rings is 1. The molecule has 3 heteroatoms. The van der Waals surface area contributed by atoms with E-state index in [2.05, 4.69) is 4.98 Å². The third-order valence-corrected chi connectivity index (χ3v) is 2.13. The summed E-state index contributed by atoms with van der Waals surface area (Å²) < 4.78 is 13.1. The largest absolute Gasteiger partial charge is 0.359 e. The van der Waals surface area contributed by atoms with Crippen molar-refractivity contribution < 1.29 is 4.39 Å². The summed E-state index contributed by atoms with van der Waals surface area (Å²) in [7, 11) is 0. The van der Waals surface area contributed by atoms with Crippen molar-refractivity contribution in [2.45, 2.75) is 6.92 Å². The highest BCUT2D eigenvalue weighted by Gasteiger charge is 2.05. The van der Waals surface area contributed by atoms with Crippen molar-refractivity contribution in [2.24, 2.45) is 0 Å². The number of hydrogen-bond donors (Lipinski definition) is 1. The van der Waals surface area contributed by atoms with E-state index < -0.39 is 0 Å². The van der Waals surface area contributed by atoms with Crippen molar-refractivity contribution in [3.8, 4) is 0 Å². The minimum Gasteiger partial charge on any atom is -0.359 e. The molecule has 0 aliphatic rings. The molecular formula is C9H7ClFN. The second-order valence-corrected chi connectivity index (χ2v) is 3.22. The number of rotatable bonds is 0. The van der Waals surface area contributed by atoms with Crippen LogP contribution in [0.15, 0.2) is 18.3 Å². The third-order valence-electron chi connectivity index (χ3n) is 1.91. The minimum absolute atomic E-state index is 0.300. The molecule has 0 aliphatic heterocycles. The van der Waals surface area contributed by atoms with Crippen LogP contribution in [0.2, 0.25) is 5.02 Å². The normalized spacial score (nSPS) is 10.9. The van der Waals surface area contributed by atoms with Gasteiger partial charge in [-0.2, -0.15) is 0 Å². The van der Waals surface area contributed by atoms with Crippen LogP contribution in [0.3, 0.4) is 0 Å². The molecule has 1 nitrogen and oxygen atoms in total. The summed E-state index contributed by atoms with van der Waals surface area (Å²) in [6.07, 6.45) is 1.77. The Morgan fingerprint density at radius 2 is 2.17 bits per heavy atom. The van der Waals surface area contributed by atoms with Gasteiger partial charge >= 0.3 is 0 Å². The molecule has 0 atom stereocenters. The SMILES string of the molecule is Cc1c[nH]c2c(F)cc(Cl)cc12. The smallest absolute Gasteiger partial charge is 0.148 e. The summed E-state index contributed by atoms with van der Waals surface area (Å²) in [5, 5.41) is 1.28. The molecule has 1 N–H and O–H groups in total. The molecule has 2 rings (SSSR count). The molecule has 1 aromatic heterocycles. The van der Waals surface area contributed by atoms with Crippen molar-refractivity contribution in [1.82, 2.24) is 4.98 Å². The molecule has 2 aromatic rings. The second-order valence-electron chi connectivity index (χ2n) is 2.78. The zero-order valence-corrected chi connectivity index (χ0v) is 7.24. The molecule has 1 aromatic carbocycles. The van der Waals surface area contributed by atoms with Crippen LogP contribution in [-0.4, -0.2) is 4.98 Å². The number of halogens is 2. The first kappa shape index (κ1) is 7.62. The van der Waals surface area contributed by atoms with E-state index >= 15 is 0 Å². The van der Waals surface area contributed by atoms with Gasteiger partial charge in [0, 0.05) is 16.6 Å². The van der Waals surface area contributed by atoms with Crippen molar-refractivity contribution in [3.05, 3.63) is 34.7 Å². The van der Waals surface area contributed by atoms with Crippen molar-refractivity contribution in [2.75, 3.05) is 0 Å². The lowest BCUT2D eigenvalue weighted by atomic mass is 10.2. The first-order valence-electron chi connectivity index (χ1n) is 3.61. The van der Waals surface area contributed by atoms with Crippen LogP contribution in [0.5, 0.6) is 0 Å². The van der Waals surface area contributed by atoms with Crippen molar-refractivity contribution in [1.29, 1.82) is 0 Å². The Morgan fingerprint density at radius 1 is 1.42 bits per heavy atom. The van der Waals surface area contributed by atoms with Crippen LogP contribution in [-0.2, 0) is 0 Å². The fourth-order valence-electron chi connectivity index (χ4n) is 1.29. The summed E-state index contributed by atoms with van der Waals surface area (Å²) in [5.41, 5.74) is 1.53. The van der Waals surface area contributed by atoms with Gasteiger partial charge in [-0.05, 0) is 24.6 Å². The van der Waals surface area contributed by atoms with E-state index in [0.717, 1.165) is 10.9 Å². The summed E-state index contributed by atoms with van der Waals surface area (Å²) in [5.74, 6) is -0.300. The average molecular weight is 184 g/mol. The Hall–Kier alpha value is -1.02. The van der Waals surface area contributed by atoms with Gasteiger partial charge in [-0.25, -0.2) is 4.39 Å². The van der Waals surface area contributed by atoms with E-state index in [4.69, 9.17) is 11.6 Å². The van der Waals surface area contributed by atoms with E-state index in [1.54, 1.807) is 12.3 Å². The quantitative estimate of drug-likeness (QED) is 0.645. The molecule has 0 aliphatic carbocycles. The molecule has 1 heterocycles. The van der Waals surface area contributed by atoms with Crippen molar-refractivity contribution in [3.63, 3.8) is 0 Å². The number of aromatic amines is 1. The van der Waals surface area contributed by atoms with Gasteiger partial charge in [0.2, 0.25) is 0 Å². The lowest BCUT2D eigenvalue weighted by Gasteiger charge is -1.94. The second kappa shape index (κ2) is 2.49. The van der Waals surface area contributed by atoms with E-state index in [-0.39, 0.29) is 5.82 Å². The molecule has 0 bridgehead atoms. The zero-order valence-electron chi connectivity index (χ0n) is 6.49. The standard InChI is InChI=1S/C9H7ClFN/c1-5-4-12-9-7(5)2-6(10)3-8(9)11/h2-4,12H,1H3. The van der Waals surface area contributed by atoms with Gasteiger partial charge in [0.05, 0.1) is 5.52 Å². The predicted octanol–water partition coefficient (Wildman–Crippen LogP) is 3.27. The topological polar surface area (TPSA) is 15.8 Å². The Morgan fingerprint density at radius 3 is 2.92 bits per heavy atom. The first-order chi connectivity index (χ1) is 5.68. The Balaban J connectivity index is 2.92. The van der Waals surface area contributed by atoms with Crippen molar-refractivity contribution >= 4 is 22.5 Å². The molecule has 0 saturated heterocycles. The maximum Gasteiger partial charge on any atom is 0.148 e. The summed E-state index contributed by atoms with van der Waals surface area (Å²) in [6.45, 7) is 1.91. The molecule has 0 spiro atoms. The van der Waals surface area contributed by atoms with Gasteiger partial charge in [-0.15, -0.1) is 0 Å². The molecule has 12 heavy (non-hydrogen) atoms. The monoisotopic (exact) mass is 183 g/mol. The lowest BCUT2D eigenvalue weighted by molar-refractivity contribution is 0.637. The Labute approximate surface area is 74.2 Å². The lowest BCUT2D eigenvalue weighted by Crippen LogP contribution is -1.77. The number of H-pyrrole nitrogens is 1. The molecular weight excluding hydrogens is 177 g/mol. The maximum absolute atomic E-state index is 13.1. The van der Waals surface area contributed by atoms with Crippen LogP contribution in [0.25, 0.3) is 10.9 Å². The van der Waals surface area contributed by atoms with E-state index in [0.29, 0.717) is 10.5 Å². The fraction of sp³-hybridized carbons (Fsp3) is 0.111. The third kappa shape index (κ3) is 0.994. The number of aromatic nitrogens is 1. The van der Waals surface area contributed by atoms with Crippen LogP contribution in [0, 0.1) is 12.7 Å². The summed E-state index contributed by atoms with van der Waals surface area (Å²) >= 11 is 5.70. The first-order valence-corrected chi connectivity index (χ1v) is 3.99. The molecule has 0 saturated carbocycles. The Kier molecular flexibility index (Phi) is 1.58. The number of nitrogens with one attached hydrogen (secondary N) is 1. The maximum atomic E-state index is 13.1. The van der Waals surface area contributed by atoms with Gasteiger partial charge in [0.15, 0.2) is 0 Å². The van der Waals surface area contributed by atoms with Crippen LogP contribution in [0.1, 0.15) is 5.56 Å². The molecule has 0 amide bonds. The molecule has 0 radical (unpaired) electrons. The van der Waals surface area contributed by atoms with Crippen LogP contribution < -0.4 is 0 Å². The number of fused-ring (bicyclic) bond motifs is 1. The average Bonchev–Trinajstić information content (AvgIpc) is 2.33. The van der Waals surface area contributed by atoms with E-state index in [1.165, 1.54) is 6.07 Å². The fourth-order valence-corrected chi connectivity index (χ4v) is 1.49. The van der Waals surface area contributed by atoms with E-state index in [9.17, 15) is 4.39 Å². The summed E-state index contributed by atoms with van der Waals surface area (Å²) in [6, 6.07) is 3.06. The van der Waals surface area contributed by atoms with Gasteiger partial charge < -0.3 is 4.98 Å². The Bertz CT molecular complexity index is 433. The number of hydrogen-bond acceptors (Lipinski definition) is 0. The summed E-state index contributed by atoms with van der Waals surface area (Å²) in [4.78, 5) is 2.85. The van der Waals surface area contributed by atoms with Crippen LogP contribution >= 0.6 is 11.6 Å². The van der Waals surface area contributed by atoms with E-state index in [1.807, 2.05) is 6.92 Å². The highest BCUT2D eigenvalue weighted by Crippen LogP contribution is 2.24. The van der Waals surface area contributed by atoms with Gasteiger partial charge in [-0.1, -0.05) is 11.6 Å². The van der Waals surface area contributed by atoms with Crippen LogP contribution in [0.4, 0.5) is 4.39 Å². The molecule has 0 unspecified atom stereocenters. The van der Waals surface area contributed by atoms with Gasteiger partial charge in [-0.3, -0.25) is 0 Å².